The van der Waals surface area contributed by atoms with Gasteiger partial charge in [0.2, 0.25) is 10.0 Å². The minimum atomic E-state index is -3.77. The highest BCUT2D eigenvalue weighted by molar-refractivity contribution is 7.89. The van der Waals surface area contributed by atoms with Crippen LogP contribution in [0.15, 0.2) is 23.1 Å². The number of rotatable bonds is 7. The zero-order valence-corrected chi connectivity index (χ0v) is 15.6. The SMILES string of the molecule is COc1ccc(C(=O)NCC(N)C2CC2)cc1S(=O)(=O)N1CCOCC1. The number of hydrogen-bond acceptors (Lipinski definition) is 6. The third kappa shape index (κ3) is 4.17. The van der Waals surface area contributed by atoms with Crippen molar-refractivity contribution in [2.45, 2.75) is 23.8 Å². The molecule has 1 aromatic carbocycles. The van der Waals surface area contributed by atoms with Crippen LogP contribution in [0.25, 0.3) is 0 Å². The lowest BCUT2D eigenvalue weighted by Gasteiger charge is -2.26. The van der Waals surface area contributed by atoms with Crippen LogP contribution in [0.3, 0.4) is 0 Å². The van der Waals surface area contributed by atoms with Gasteiger partial charge in [0.15, 0.2) is 0 Å². The summed E-state index contributed by atoms with van der Waals surface area (Å²) in [5.41, 5.74) is 6.26. The van der Waals surface area contributed by atoms with Crippen molar-refractivity contribution < 1.29 is 22.7 Å². The third-order valence-electron chi connectivity index (χ3n) is 4.74. The van der Waals surface area contributed by atoms with E-state index in [-0.39, 0.29) is 41.2 Å². The number of nitrogens with two attached hydrogens (primary N) is 1. The molecular weight excluding hydrogens is 358 g/mol. The fraction of sp³-hybridized carbons (Fsp3) is 0.588. The van der Waals surface area contributed by atoms with E-state index < -0.39 is 10.0 Å². The molecule has 1 aliphatic carbocycles. The van der Waals surface area contributed by atoms with Crippen LogP contribution in [0.2, 0.25) is 0 Å². The summed E-state index contributed by atoms with van der Waals surface area (Å²) < 4.78 is 37.7. The molecule has 1 amide bonds. The van der Waals surface area contributed by atoms with E-state index in [0.29, 0.717) is 25.7 Å². The van der Waals surface area contributed by atoms with Crippen molar-refractivity contribution in [3.63, 3.8) is 0 Å². The molecule has 3 rings (SSSR count). The van der Waals surface area contributed by atoms with Crippen molar-refractivity contribution in [3.05, 3.63) is 23.8 Å². The molecule has 0 radical (unpaired) electrons. The lowest BCUT2D eigenvalue weighted by molar-refractivity contribution is 0.0729. The van der Waals surface area contributed by atoms with Gasteiger partial charge in [-0.05, 0) is 37.0 Å². The van der Waals surface area contributed by atoms with Gasteiger partial charge in [-0.2, -0.15) is 4.31 Å². The molecule has 2 aliphatic rings. The van der Waals surface area contributed by atoms with E-state index in [0.717, 1.165) is 12.8 Å². The second-order valence-electron chi connectivity index (χ2n) is 6.59. The van der Waals surface area contributed by atoms with Crippen LogP contribution in [0.5, 0.6) is 5.75 Å². The molecule has 144 valence electrons. The molecule has 2 fully saturated rings. The van der Waals surface area contributed by atoms with Crippen molar-refractivity contribution in [2.24, 2.45) is 11.7 Å². The molecule has 1 aliphatic heterocycles. The van der Waals surface area contributed by atoms with Crippen molar-refractivity contribution in [1.29, 1.82) is 0 Å². The number of sulfonamides is 1. The number of nitrogens with one attached hydrogen (secondary N) is 1. The zero-order valence-electron chi connectivity index (χ0n) is 14.8. The Balaban J connectivity index is 1.80. The van der Waals surface area contributed by atoms with Gasteiger partial charge in [0.1, 0.15) is 10.6 Å². The van der Waals surface area contributed by atoms with E-state index in [1.54, 1.807) is 6.07 Å². The van der Waals surface area contributed by atoms with E-state index >= 15 is 0 Å². The number of ether oxygens (including phenoxy) is 2. The summed E-state index contributed by atoms with van der Waals surface area (Å²) in [6.45, 7) is 1.62. The molecular formula is C17H25N3O5S. The van der Waals surface area contributed by atoms with Crippen molar-refractivity contribution in [2.75, 3.05) is 40.0 Å². The van der Waals surface area contributed by atoms with Gasteiger partial charge in [-0.3, -0.25) is 4.79 Å². The maximum atomic E-state index is 12.9. The van der Waals surface area contributed by atoms with E-state index in [2.05, 4.69) is 5.32 Å². The predicted molar refractivity (Wildman–Crippen MR) is 95.6 cm³/mol. The Kier molecular flexibility index (Phi) is 5.81. The topological polar surface area (TPSA) is 111 Å². The molecule has 1 aromatic rings. The number of hydrogen-bond donors (Lipinski definition) is 2. The Hall–Kier alpha value is -1.68. The van der Waals surface area contributed by atoms with Gasteiger partial charge in [-0.25, -0.2) is 8.42 Å². The molecule has 8 nitrogen and oxygen atoms in total. The molecule has 9 heteroatoms. The number of carbonyl (C=O) groups excluding carboxylic acids is 1. The molecule has 3 N–H and O–H groups in total. The Labute approximate surface area is 153 Å². The molecule has 1 saturated carbocycles. The standard InChI is InChI=1S/C17H25N3O5S/c1-24-15-5-4-13(17(21)19-11-14(18)12-2-3-12)10-16(15)26(22,23)20-6-8-25-9-7-20/h4-5,10,12,14H,2-3,6-9,11,18H2,1H3,(H,19,21). The fourth-order valence-electron chi connectivity index (χ4n) is 2.95. The molecule has 0 spiro atoms. The van der Waals surface area contributed by atoms with Gasteiger partial charge in [-0.15, -0.1) is 0 Å². The third-order valence-corrected chi connectivity index (χ3v) is 6.66. The maximum absolute atomic E-state index is 12.9. The van der Waals surface area contributed by atoms with Gasteiger partial charge < -0.3 is 20.5 Å². The lowest BCUT2D eigenvalue weighted by Crippen LogP contribution is -2.41. The first-order valence-electron chi connectivity index (χ1n) is 8.73. The van der Waals surface area contributed by atoms with E-state index in [1.165, 1.54) is 23.5 Å². The first-order chi connectivity index (χ1) is 12.4. The highest BCUT2D eigenvalue weighted by Gasteiger charge is 2.31. The summed E-state index contributed by atoms with van der Waals surface area (Å²) in [5.74, 6) is 0.341. The lowest BCUT2D eigenvalue weighted by atomic mass is 10.1. The van der Waals surface area contributed by atoms with Crippen LogP contribution in [0.4, 0.5) is 0 Å². The average molecular weight is 383 g/mol. The first kappa shape index (κ1) is 19.1. The Morgan fingerprint density at radius 2 is 2.08 bits per heavy atom. The van der Waals surface area contributed by atoms with E-state index in [1.807, 2.05) is 0 Å². The molecule has 1 unspecified atom stereocenters. The molecule has 26 heavy (non-hydrogen) atoms. The summed E-state index contributed by atoms with van der Waals surface area (Å²) in [6, 6.07) is 4.36. The second kappa shape index (κ2) is 7.91. The fourth-order valence-corrected chi connectivity index (χ4v) is 4.54. The Morgan fingerprint density at radius 3 is 2.69 bits per heavy atom. The summed E-state index contributed by atoms with van der Waals surface area (Å²) in [6.07, 6.45) is 2.20. The Bertz CT molecular complexity index is 758. The molecule has 0 bridgehead atoms. The van der Waals surface area contributed by atoms with Gasteiger partial charge in [0.05, 0.1) is 20.3 Å². The van der Waals surface area contributed by atoms with Crippen molar-refractivity contribution in [3.8, 4) is 5.75 Å². The minimum absolute atomic E-state index is 0.0129. The Morgan fingerprint density at radius 1 is 1.38 bits per heavy atom. The van der Waals surface area contributed by atoms with Crippen molar-refractivity contribution in [1.82, 2.24) is 9.62 Å². The number of nitrogens with zero attached hydrogens (tertiary/aromatic N) is 1. The highest BCUT2D eigenvalue weighted by Crippen LogP contribution is 2.31. The number of carbonyl (C=O) groups is 1. The van der Waals surface area contributed by atoms with Gasteiger partial charge >= 0.3 is 0 Å². The number of benzene rings is 1. The number of morpholine rings is 1. The quantitative estimate of drug-likeness (QED) is 0.695. The number of amides is 1. The summed E-state index contributed by atoms with van der Waals surface area (Å²) >= 11 is 0. The second-order valence-corrected chi connectivity index (χ2v) is 8.50. The molecule has 1 atom stereocenters. The van der Waals surface area contributed by atoms with Crippen LogP contribution < -0.4 is 15.8 Å². The maximum Gasteiger partial charge on any atom is 0.251 e. The zero-order chi connectivity index (χ0) is 18.7. The van der Waals surface area contributed by atoms with Gasteiger partial charge in [0, 0.05) is 31.2 Å². The smallest absolute Gasteiger partial charge is 0.251 e. The van der Waals surface area contributed by atoms with Crippen LogP contribution in [-0.2, 0) is 14.8 Å². The minimum Gasteiger partial charge on any atom is -0.495 e. The first-order valence-corrected chi connectivity index (χ1v) is 10.2. The molecule has 0 aromatic heterocycles. The monoisotopic (exact) mass is 383 g/mol. The predicted octanol–water partition coefficient (Wildman–Crippen LogP) is 0.183. The van der Waals surface area contributed by atoms with Crippen LogP contribution in [-0.4, -0.2) is 64.6 Å². The average Bonchev–Trinajstić information content (AvgIpc) is 3.51. The van der Waals surface area contributed by atoms with Crippen molar-refractivity contribution >= 4 is 15.9 Å². The summed E-state index contributed by atoms with van der Waals surface area (Å²) in [5, 5.41) is 2.78. The van der Waals surface area contributed by atoms with Crippen LogP contribution >= 0.6 is 0 Å². The molecule has 1 saturated heterocycles. The summed E-state index contributed by atoms with van der Waals surface area (Å²) in [7, 11) is -2.37. The van der Waals surface area contributed by atoms with Crippen LogP contribution in [0, 0.1) is 5.92 Å². The van der Waals surface area contributed by atoms with Gasteiger partial charge in [-0.1, -0.05) is 0 Å². The van der Waals surface area contributed by atoms with Crippen LogP contribution in [0.1, 0.15) is 23.2 Å². The van der Waals surface area contributed by atoms with E-state index in [4.69, 9.17) is 15.2 Å². The highest BCUT2D eigenvalue weighted by atomic mass is 32.2. The normalized spacial score (nSPS) is 19.8. The number of methoxy groups -OCH3 is 1. The van der Waals surface area contributed by atoms with Gasteiger partial charge in [0.25, 0.3) is 5.91 Å². The summed E-state index contributed by atoms with van der Waals surface area (Å²) in [4.78, 5) is 12.4. The molecule has 1 heterocycles. The largest absolute Gasteiger partial charge is 0.495 e. The van der Waals surface area contributed by atoms with E-state index in [9.17, 15) is 13.2 Å².